The first-order valence-electron chi connectivity index (χ1n) is 6.00. The number of nitrogens with zero attached hydrogens (tertiary/aromatic N) is 2. The molecule has 5 heteroatoms. The summed E-state index contributed by atoms with van der Waals surface area (Å²) < 4.78 is 6.37. The van der Waals surface area contributed by atoms with Gasteiger partial charge in [-0.2, -0.15) is 0 Å². The molecular weight excluding hydrogens is 295 g/mol. The molecule has 1 aliphatic carbocycles. The number of hydrogen-bond donors (Lipinski definition) is 0. The molecule has 0 N–H and O–H groups in total. The van der Waals surface area contributed by atoms with Gasteiger partial charge in [0.1, 0.15) is 0 Å². The van der Waals surface area contributed by atoms with Crippen LogP contribution in [0.3, 0.4) is 0 Å². The van der Waals surface area contributed by atoms with Crippen LogP contribution in [0.15, 0.2) is 22.7 Å². The molecule has 2 rings (SSSR count). The summed E-state index contributed by atoms with van der Waals surface area (Å²) in [5, 5.41) is 9.23. The number of rotatable bonds is 3. The zero-order valence-electron chi connectivity index (χ0n) is 10.5. The van der Waals surface area contributed by atoms with Gasteiger partial charge in [0, 0.05) is 0 Å². The Hall–Kier alpha value is -1.08. The average Bonchev–Trinajstić information content (AvgIpc) is 2.69. The minimum atomic E-state index is -0.665. The Bertz CT molecular complexity index is 439. The van der Waals surface area contributed by atoms with Crippen LogP contribution in [0.4, 0.5) is 0 Å². The molecule has 18 heavy (non-hydrogen) atoms. The normalized spacial score (nSPS) is 28.2. The summed E-state index contributed by atoms with van der Waals surface area (Å²) in [4.78, 5) is 14.0. The molecule has 3 unspecified atom stereocenters. The second-order valence-electron chi connectivity index (χ2n) is 4.28. The Morgan fingerprint density at radius 3 is 3.17 bits per heavy atom. The molecule has 2 aliphatic rings. The van der Waals surface area contributed by atoms with Gasteiger partial charge >= 0.3 is 113 Å². The first-order chi connectivity index (χ1) is 8.69. The van der Waals surface area contributed by atoms with Crippen LogP contribution in [0.5, 0.6) is 0 Å². The number of nitriles is 1. The Morgan fingerprint density at radius 2 is 2.56 bits per heavy atom. The second kappa shape index (κ2) is 5.71. The van der Waals surface area contributed by atoms with Crippen LogP contribution < -0.4 is 0 Å². The van der Waals surface area contributed by atoms with Crippen LogP contribution >= 0.6 is 0 Å². The summed E-state index contributed by atoms with van der Waals surface area (Å²) in [6.45, 7) is 2.09. The summed E-state index contributed by atoms with van der Waals surface area (Å²) in [7, 11) is 2.00. The van der Waals surface area contributed by atoms with Gasteiger partial charge in [-0.15, -0.1) is 0 Å². The molecule has 0 bridgehead atoms. The predicted molar refractivity (Wildman–Crippen MR) is 68.7 cm³/mol. The van der Waals surface area contributed by atoms with E-state index >= 15 is 0 Å². The Kier molecular flexibility index (Phi) is 4.23. The summed E-state index contributed by atoms with van der Waals surface area (Å²) in [5.41, 5.74) is 0. The van der Waals surface area contributed by atoms with Crippen molar-refractivity contribution in [1.29, 1.82) is 5.26 Å². The third-order valence-corrected chi connectivity index (χ3v) is 6.40. The zero-order valence-corrected chi connectivity index (χ0v) is 12.2. The first kappa shape index (κ1) is 13.4. The van der Waals surface area contributed by atoms with Crippen molar-refractivity contribution < 1.29 is 9.53 Å². The van der Waals surface area contributed by atoms with Crippen LogP contribution in [0.25, 0.3) is 0 Å². The molecule has 96 valence electrons. The van der Waals surface area contributed by atoms with Gasteiger partial charge in [0.25, 0.3) is 0 Å². The molecule has 0 spiro atoms. The summed E-state index contributed by atoms with van der Waals surface area (Å²) >= 11 is 0.164. The maximum atomic E-state index is 11.8. The van der Waals surface area contributed by atoms with Crippen molar-refractivity contribution in [2.75, 3.05) is 13.7 Å². The Balaban J connectivity index is 2.14. The Labute approximate surface area is 113 Å². The summed E-state index contributed by atoms with van der Waals surface area (Å²) in [5.74, 6) is -1.05. The fraction of sp³-hybridized carbons (Fsp3) is 0.538. The van der Waals surface area contributed by atoms with Gasteiger partial charge < -0.3 is 0 Å². The number of allylic oxidation sites excluding steroid dienone is 2. The van der Waals surface area contributed by atoms with Gasteiger partial charge in [-0.25, -0.2) is 0 Å². The molecule has 1 fully saturated rings. The molecule has 1 aliphatic heterocycles. The molecule has 0 saturated carbocycles. The van der Waals surface area contributed by atoms with Crippen molar-refractivity contribution >= 4 is 20.9 Å². The molecule has 4 nitrogen and oxygen atoms in total. The van der Waals surface area contributed by atoms with Crippen LogP contribution in [-0.2, 0) is 9.53 Å². The van der Waals surface area contributed by atoms with E-state index in [1.807, 2.05) is 7.05 Å². The monoisotopic (exact) mass is 312 g/mol. The van der Waals surface area contributed by atoms with E-state index in [4.69, 9.17) is 4.74 Å². The fourth-order valence-corrected chi connectivity index (χ4v) is 5.35. The van der Waals surface area contributed by atoms with E-state index in [2.05, 4.69) is 29.2 Å². The van der Waals surface area contributed by atoms with Crippen molar-refractivity contribution in [3.05, 3.63) is 22.7 Å². The topological polar surface area (TPSA) is 53.3 Å². The van der Waals surface area contributed by atoms with Gasteiger partial charge in [0.05, 0.1) is 0 Å². The van der Waals surface area contributed by atoms with Gasteiger partial charge in [0.2, 0.25) is 0 Å². The molecule has 0 aromatic heterocycles. The molecule has 0 aromatic carbocycles. The van der Waals surface area contributed by atoms with Crippen LogP contribution in [-0.4, -0.2) is 50.5 Å². The van der Waals surface area contributed by atoms with Gasteiger partial charge in [-0.3, -0.25) is 0 Å². The minimum absolute atomic E-state index is 0.00213. The summed E-state index contributed by atoms with van der Waals surface area (Å²) in [6, 6.07) is 2.49. The molecule has 1 saturated heterocycles. The van der Waals surface area contributed by atoms with Crippen LogP contribution in [0, 0.1) is 17.2 Å². The van der Waals surface area contributed by atoms with E-state index in [0.29, 0.717) is 12.6 Å². The maximum absolute atomic E-state index is 11.8. The van der Waals surface area contributed by atoms with Crippen LogP contribution in [0.1, 0.15) is 13.3 Å². The number of esters is 1. The van der Waals surface area contributed by atoms with Gasteiger partial charge in [-0.05, 0) is 0 Å². The quantitative estimate of drug-likeness (QED) is 0.573. The molecular formula is C13H16N2O2Se. The van der Waals surface area contributed by atoms with E-state index in [-0.39, 0.29) is 25.9 Å². The number of carbonyl (C=O) groups excluding carboxylic acids is 1. The number of fused-ring (bicyclic) bond motifs is 1. The number of carbonyl (C=O) groups is 1. The summed E-state index contributed by atoms with van der Waals surface area (Å²) in [6.07, 6.45) is 7.30. The van der Waals surface area contributed by atoms with E-state index in [9.17, 15) is 10.1 Å². The SMILES string of the molecule is CCOC(=O)C(C#N)C1[Se]C2=CC=CCC2N1C. The number of ether oxygens (including phenoxy) is 1. The zero-order chi connectivity index (χ0) is 13.1. The molecule has 0 amide bonds. The van der Waals surface area contributed by atoms with E-state index in [1.165, 1.54) is 4.47 Å². The van der Waals surface area contributed by atoms with Crippen molar-refractivity contribution in [1.82, 2.24) is 4.90 Å². The van der Waals surface area contributed by atoms with Gasteiger partial charge in [0.15, 0.2) is 0 Å². The number of hydrogen-bond acceptors (Lipinski definition) is 4. The average molecular weight is 311 g/mol. The molecule has 1 heterocycles. The second-order valence-corrected chi connectivity index (χ2v) is 6.78. The fourth-order valence-electron chi connectivity index (χ4n) is 2.25. The Morgan fingerprint density at radius 1 is 1.78 bits per heavy atom. The van der Waals surface area contributed by atoms with Crippen molar-refractivity contribution in [3.8, 4) is 6.07 Å². The first-order valence-corrected chi connectivity index (χ1v) is 7.85. The van der Waals surface area contributed by atoms with Crippen molar-refractivity contribution in [2.24, 2.45) is 5.92 Å². The third kappa shape index (κ3) is 2.37. The molecule has 3 atom stereocenters. The van der Waals surface area contributed by atoms with Crippen molar-refractivity contribution in [3.63, 3.8) is 0 Å². The van der Waals surface area contributed by atoms with Gasteiger partial charge in [-0.1, -0.05) is 0 Å². The number of likely N-dealkylation sites (N-methyl/N-ethyl adjacent to an activating group) is 1. The standard InChI is InChI=1S/C13H16N2O2Se/c1-3-17-13(16)9(8-14)12-15(2)10-6-4-5-7-11(10)18-12/h4-5,7,9-10,12H,3,6H2,1-2H3. The molecule has 0 radical (unpaired) electrons. The van der Waals surface area contributed by atoms with Crippen molar-refractivity contribution in [2.45, 2.75) is 24.3 Å². The predicted octanol–water partition coefficient (Wildman–Crippen LogP) is 0.877. The van der Waals surface area contributed by atoms with E-state index < -0.39 is 5.92 Å². The third-order valence-electron chi connectivity index (χ3n) is 3.20. The van der Waals surface area contributed by atoms with E-state index in [1.54, 1.807) is 6.92 Å². The van der Waals surface area contributed by atoms with Crippen LogP contribution in [0.2, 0.25) is 0 Å². The van der Waals surface area contributed by atoms with E-state index in [0.717, 1.165) is 6.42 Å². The molecule has 0 aromatic rings.